The molecule has 2 aromatic rings. The van der Waals surface area contributed by atoms with E-state index < -0.39 is 6.10 Å². The minimum absolute atomic E-state index is 0.312. The molecule has 1 aliphatic heterocycles. The normalized spacial score (nSPS) is 16.7. The number of hydrogen-bond donors (Lipinski definition) is 2. The van der Waals surface area contributed by atoms with E-state index in [1.807, 2.05) is 31.2 Å². The summed E-state index contributed by atoms with van der Waals surface area (Å²) < 4.78 is 5.70. The Hall–Kier alpha value is -1.75. The maximum Gasteiger partial charge on any atom is 0.137 e. The third kappa shape index (κ3) is 5.11. The number of aliphatic hydroxyl groups excluding tert-OH is 1. The molecule has 25 heavy (non-hydrogen) atoms. The quantitative estimate of drug-likeness (QED) is 0.823. The molecule has 0 radical (unpaired) electrons. The minimum Gasteiger partial charge on any atom is -0.491 e. The van der Waals surface area contributed by atoms with Crippen molar-refractivity contribution in [1.82, 2.24) is 0 Å². The average molecular weight is 362 g/mol. The second-order valence-corrected chi connectivity index (χ2v) is 7.06. The molecule has 0 aliphatic carbocycles. The van der Waals surface area contributed by atoms with Crippen LogP contribution in [0.25, 0.3) is 0 Å². The molecule has 4 nitrogen and oxygen atoms in total. The van der Waals surface area contributed by atoms with Crippen molar-refractivity contribution in [2.75, 3.05) is 44.2 Å². The van der Waals surface area contributed by atoms with E-state index in [0.29, 0.717) is 6.61 Å². The molecule has 0 saturated carbocycles. The summed E-state index contributed by atoms with van der Waals surface area (Å²) in [7, 11) is 0. The number of halogens is 1. The molecule has 1 saturated heterocycles. The van der Waals surface area contributed by atoms with Crippen LogP contribution < -0.4 is 14.5 Å². The van der Waals surface area contributed by atoms with Crippen molar-refractivity contribution in [1.29, 1.82) is 0 Å². The van der Waals surface area contributed by atoms with Crippen molar-refractivity contribution in [3.63, 3.8) is 0 Å². The predicted octanol–water partition coefficient (Wildman–Crippen LogP) is 1.79. The molecule has 3 rings (SSSR count). The largest absolute Gasteiger partial charge is 0.491 e. The lowest BCUT2D eigenvalue weighted by atomic mass is 10.2. The van der Waals surface area contributed by atoms with E-state index in [4.69, 9.17) is 16.3 Å². The second kappa shape index (κ2) is 8.56. The fourth-order valence-electron chi connectivity index (χ4n) is 3.22. The number of quaternary nitrogens is 1. The number of anilines is 1. The number of nitrogens with one attached hydrogen (secondary N) is 1. The van der Waals surface area contributed by atoms with Crippen LogP contribution in [0, 0.1) is 6.92 Å². The molecular formula is C20H26ClN2O2+. The van der Waals surface area contributed by atoms with Crippen LogP contribution in [-0.2, 0) is 0 Å². The van der Waals surface area contributed by atoms with Crippen LogP contribution in [-0.4, -0.2) is 50.5 Å². The van der Waals surface area contributed by atoms with Crippen LogP contribution in [0.2, 0.25) is 5.02 Å². The average Bonchev–Trinajstić information content (AvgIpc) is 2.64. The highest BCUT2D eigenvalue weighted by atomic mass is 35.5. The maximum atomic E-state index is 10.3. The molecule has 0 aromatic heterocycles. The van der Waals surface area contributed by atoms with Gasteiger partial charge in [-0.2, -0.15) is 0 Å². The Bertz CT molecular complexity index is 673. The van der Waals surface area contributed by atoms with E-state index in [9.17, 15) is 5.11 Å². The Balaban J connectivity index is 1.41. The van der Waals surface area contributed by atoms with Crippen molar-refractivity contribution < 1.29 is 14.7 Å². The minimum atomic E-state index is -0.464. The van der Waals surface area contributed by atoms with Crippen LogP contribution >= 0.6 is 11.6 Å². The number of aryl methyl sites for hydroxylation is 1. The van der Waals surface area contributed by atoms with Gasteiger partial charge in [-0.25, -0.2) is 0 Å². The third-order valence-electron chi connectivity index (χ3n) is 4.69. The lowest BCUT2D eigenvalue weighted by Gasteiger charge is -2.34. The molecule has 1 fully saturated rings. The number of piperazine rings is 1. The topological polar surface area (TPSA) is 37.1 Å². The van der Waals surface area contributed by atoms with E-state index >= 15 is 0 Å². The summed E-state index contributed by atoms with van der Waals surface area (Å²) in [6.07, 6.45) is -0.464. The van der Waals surface area contributed by atoms with Gasteiger partial charge in [0.05, 0.1) is 26.2 Å². The standard InChI is InChI=1S/C20H25ClN2O2/c1-16-13-19(7-8-20(16)21)25-15-18(24)14-22-9-11-23(12-10-22)17-5-3-2-4-6-17/h2-8,13,18,24H,9-12,14-15H2,1H3/p+1/t18-/m1/s1. The van der Waals surface area contributed by atoms with Gasteiger partial charge in [-0.15, -0.1) is 0 Å². The Labute approximate surface area is 154 Å². The first-order valence-electron chi connectivity index (χ1n) is 8.82. The molecule has 1 atom stereocenters. The lowest BCUT2D eigenvalue weighted by Crippen LogP contribution is -3.16. The molecule has 5 heteroatoms. The van der Waals surface area contributed by atoms with Gasteiger partial charge in [-0.1, -0.05) is 29.8 Å². The van der Waals surface area contributed by atoms with Crippen LogP contribution in [0.1, 0.15) is 5.56 Å². The molecule has 134 valence electrons. The van der Waals surface area contributed by atoms with Gasteiger partial charge in [-0.3, -0.25) is 0 Å². The highest BCUT2D eigenvalue weighted by Crippen LogP contribution is 2.21. The van der Waals surface area contributed by atoms with Crippen molar-refractivity contribution in [3.8, 4) is 5.75 Å². The van der Waals surface area contributed by atoms with Crippen molar-refractivity contribution in [3.05, 3.63) is 59.1 Å². The summed E-state index contributed by atoms with van der Waals surface area (Å²) in [6, 6.07) is 16.1. The third-order valence-corrected chi connectivity index (χ3v) is 5.11. The summed E-state index contributed by atoms with van der Waals surface area (Å²) in [5, 5.41) is 11.0. The van der Waals surface area contributed by atoms with Crippen molar-refractivity contribution in [2.24, 2.45) is 0 Å². The van der Waals surface area contributed by atoms with E-state index in [1.165, 1.54) is 10.6 Å². The second-order valence-electron chi connectivity index (χ2n) is 6.65. The van der Waals surface area contributed by atoms with E-state index in [1.54, 1.807) is 0 Å². The van der Waals surface area contributed by atoms with Gasteiger partial charge in [0.2, 0.25) is 0 Å². The van der Waals surface area contributed by atoms with Crippen molar-refractivity contribution in [2.45, 2.75) is 13.0 Å². The van der Waals surface area contributed by atoms with Gasteiger partial charge in [-0.05, 0) is 42.8 Å². The molecule has 1 aliphatic rings. The first-order valence-corrected chi connectivity index (χ1v) is 9.20. The van der Waals surface area contributed by atoms with Gasteiger partial charge in [0, 0.05) is 10.7 Å². The summed E-state index contributed by atoms with van der Waals surface area (Å²) in [5.41, 5.74) is 2.26. The summed E-state index contributed by atoms with van der Waals surface area (Å²) in [4.78, 5) is 3.83. The first kappa shape index (κ1) is 18.1. The predicted molar refractivity (Wildman–Crippen MR) is 102 cm³/mol. The van der Waals surface area contributed by atoms with Crippen LogP contribution in [0.4, 0.5) is 5.69 Å². The molecule has 1 heterocycles. The summed E-state index contributed by atoms with van der Waals surface area (Å²) >= 11 is 6.02. The zero-order valence-electron chi connectivity index (χ0n) is 14.6. The van der Waals surface area contributed by atoms with E-state index in [0.717, 1.165) is 49.1 Å². The lowest BCUT2D eigenvalue weighted by molar-refractivity contribution is -0.903. The monoisotopic (exact) mass is 361 g/mol. The zero-order valence-corrected chi connectivity index (χ0v) is 15.4. The van der Waals surface area contributed by atoms with E-state index in [-0.39, 0.29) is 0 Å². The molecule has 2 N–H and O–H groups in total. The number of para-hydroxylation sites is 1. The number of aliphatic hydroxyl groups is 1. The van der Waals surface area contributed by atoms with Gasteiger partial charge >= 0.3 is 0 Å². The Morgan fingerprint density at radius 2 is 1.88 bits per heavy atom. The van der Waals surface area contributed by atoms with Gasteiger partial charge in [0.1, 0.15) is 25.0 Å². The molecule has 0 spiro atoms. The van der Waals surface area contributed by atoms with Crippen LogP contribution in [0.15, 0.2) is 48.5 Å². The van der Waals surface area contributed by atoms with Gasteiger partial charge < -0.3 is 19.6 Å². The van der Waals surface area contributed by atoms with Crippen molar-refractivity contribution >= 4 is 17.3 Å². The number of benzene rings is 2. The van der Waals surface area contributed by atoms with Gasteiger partial charge in [0.15, 0.2) is 0 Å². The smallest absolute Gasteiger partial charge is 0.137 e. The Kier molecular flexibility index (Phi) is 6.19. The molecule has 2 aromatic carbocycles. The first-order chi connectivity index (χ1) is 12.1. The fraction of sp³-hybridized carbons (Fsp3) is 0.400. The van der Waals surface area contributed by atoms with E-state index in [2.05, 4.69) is 29.2 Å². The number of ether oxygens (including phenoxy) is 1. The number of nitrogens with zero attached hydrogens (tertiary/aromatic N) is 1. The highest BCUT2D eigenvalue weighted by molar-refractivity contribution is 6.31. The Morgan fingerprint density at radius 3 is 2.56 bits per heavy atom. The number of rotatable bonds is 6. The Morgan fingerprint density at radius 1 is 1.16 bits per heavy atom. The molecule has 0 amide bonds. The number of hydrogen-bond acceptors (Lipinski definition) is 3. The zero-order chi connectivity index (χ0) is 17.6. The molecule has 0 unspecified atom stereocenters. The van der Waals surface area contributed by atoms with Crippen LogP contribution in [0.5, 0.6) is 5.75 Å². The summed E-state index contributed by atoms with van der Waals surface area (Å²) in [6.45, 7) is 7.08. The molecular weight excluding hydrogens is 336 g/mol. The summed E-state index contributed by atoms with van der Waals surface area (Å²) in [5.74, 6) is 0.754. The molecule has 0 bridgehead atoms. The SMILES string of the molecule is Cc1cc(OC[C@H](O)C[NH+]2CCN(c3ccccc3)CC2)ccc1Cl. The van der Waals surface area contributed by atoms with Crippen LogP contribution in [0.3, 0.4) is 0 Å². The van der Waals surface area contributed by atoms with Gasteiger partial charge in [0.25, 0.3) is 0 Å². The fourth-order valence-corrected chi connectivity index (χ4v) is 3.33. The highest BCUT2D eigenvalue weighted by Gasteiger charge is 2.22. The maximum absolute atomic E-state index is 10.3.